The number of hydrogen-bond donors (Lipinski definition) is 0. The number of nitro groups is 1. The van der Waals surface area contributed by atoms with Crippen LogP contribution in [0.1, 0.15) is 31.6 Å². The molecule has 0 radical (unpaired) electrons. The van der Waals surface area contributed by atoms with Gasteiger partial charge >= 0.3 is 16.9 Å². The number of methoxy groups -OCH3 is 2. The van der Waals surface area contributed by atoms with Crippen LogP contribution in [0.2, 0.25) is 0 Å². The van der Waals surface area contributed by atoms with Crippen molar-refractivity contribution in [2.45, 2.75) is 26.7 Å². The smallest absolute Gasteiger partial charge is 0.336 e. The zero-order valence-corrected chi connectivity index (χ0v) is 17.1. The van der Waals surface area contributed by atoms with E-state index in [0.717, 1.165) is 11.3 Å². The number of esters is 2. The van der Waals surface area contributed by atoms with E-state index in [4.69, 9.17) is 14.2 Å². The molecule has 1 aliphatic heterocycles. The van der Waals surface area contributed by atoms with Gasteiger partial charge in [0.05, 0.1) is 36.2 Å². The zero-order chi connectivity index (χ0) is 21.0. The monoisotopic (exact) mass is 410 g/mol. The number of ether oxygens (including phenoxy) is 3. The average Bonchev–Trinajstić information content (AvgIpc) is 3.16. The van der Waals surface area contributed by atoms with Gasteiger partial charge in [-0.25, -0.2) is 9.59 Å². The Labute approximate surface area is 166 Å². The lowest BCUT2D eigenvalue weighted by atomic mass is 9.83. The lowest BCUT2D eigenvalue weighted by Crippen LogP contribution is -2.36. The van der Waals surface area contributed by atoms with Gasteiger partial charge < -0.3 is 19.1 Å². The molecule has 0 saturated carbocycles. The SMILES string of the molecule is CCOCN1C(C)=C(C(=O)OC)C(c2ccc([N+](=O)[O-])s2)C(C(=O)OC)=C1C. The van der Waals surface area contributed by atoms with Crippen molar-refractivity contribution < 1.29 is 28.7 Å². The van der Waals surface area contributed by atoms with E-state index in [-0.39, 0.29) is 22.9 Å². The number of nitrogens with zero attached hydrogens (tertiary/aromatic N) is 2. The third-order valence-electron chi connectivity index (χ3n) is 4.48. The number of rotatable bonds is 7. The number of carbonyl (C=O) groups is 2. The molecule has 0 bridgehead atoms. The predicted octanol–water partition coefficient (Wildman–Crippen LogP) is 2.94. The lowest BCUT2D eigenvalue weighted by molar-refractivity contribution is -0.380. The summed E-state index contributed by atoms with van der Waals surface area (Å²) in [6, 6.07) is 2.89. The largest absolute Gasteiger partial charge is 0.466 e. The lowest BCUT2D eigenvalue weighted by Gasteiger charge is -2.36. The Hall–Kier alpha value is -2.72. The van der Waals surface area contributed by atoms with Crippen molar-refractivity contribution in [3.8, 4) is 0 Å². The van der Waals surface area contributed by atoms with Crippen LogP contribution in [0.3, 0.4) is 0 Å². The Morgan fingerprint density at radius 2 is 1.68 bits per heavy atom. The number of allylic oxidation sites excluding steroid dienone is 2. The topological polar surface area (TPSA) is 108 Å². The third-order valence-corrected chi connectivity index (χ3v) is 5.58. The average molecular weight is 410 g/mol. The molecule has 1 aromatic rings. The van der Waals surface area contributed by atoms with Crippen molar-refractivity contribution in [3.63, 3.8) is 0 Å². The maximum absolute atomic E-state index is 12.6. The molecule has 0 fully saturated rings. The molecule has 2 heterocycles. The predicted molar refractivity (Wildman–Crippen MR) is 101 cm³/mol. The first-order chi connectivity index (χ1) is 13.3. The second-order valence-corrected chi connectivity index (χ2v) is 6.99. The molecule has 152 valence electrons. The van der Waals surface area contributed by atoms with Gasteiger partial charge in [0.2, 0.25) is 0 Å². The molecule has 0 spiro atoms. The molecule has 28 heavy (non-hydrogen) atoms. The normalized spacial score (nSPS) is 15.1. The Kier molecular flexibility index (Phi) is 6.92. The van der Waals surface area contributed by atoms with Crippen LogP contribution in [0.15, 0.2) is 34.7 Å². The standard InChI is InChI=1S/C18H22N2O7S/c1-6-27-9-19-10(2)14(17(21)25-4)16(15(11(19)3)18(22)26-5)12-7-8-13(28-12)20(23)24/h7-8,16H,6,9H2,1-5H3. The Bertz CT molecular complexity index is 816. The van der Waals surface area contributed by atoms with E-state index < -0.39 is 22.8 Å². The summed E-state index contributed by atoms with van der Waals surface area (Å²) in [6.07, 6.45) is 0. The second-order valence-electron chi connectivity index (χ2n) is 5.90. The molecule has 1 aromatic heterocycles. The highest BCUT2D eigenvalue weighted by atomic mass is 32.1. The molecule has 0 saturated heterocycles. The van der Waals surface area contributed by atoms with Crippen LogP contribution in [-0.2, 0) is 23.8 Å². The summed E-state index contributed by atoms with van der Waals surface area (Å²) in [5, 5.41) is 11.0. The fourth-order valence-corrected chi connectivity index (χ4v) is 4.05. The summed E-state index contributed by atoms with van der Waals surface area (Å²) in [4.78, 5) is 38.0. The van der Waals surface area contributed by atoms with Gasteiger partial charge in [-0.15, -0.1) is 0 Å². The molecule has 0 aliphatic carbocycles. The Morgan fingerprint density at radius 3 is 2.07 bits per heavy atom. The Morgan fingerprint density at radius 1 is 1.14 bits per heavy atom. The highest BCUT2D eigenvalue weighted by Crippen LogP contribution is 2.45. The van der Waals surface area contributed by atoms with E-state index in [1.165, 1.54) is 26.4 Å². The molecule has 10 heteroatoms. The van der Waals surface area contributed by atoms with Gasteiger partial charge in [-0.2, -0.15) is 0 Å². The van der Waals surface area contributed by atoms with Crippen molar-refractivity contribution in [2.75, 3.05) is 27.6 Å². The van der Waals surface area contributed by atoms with E-state index in [9.17, 15) is 19.7 Å². The molecule has 2 rings (SSSR count). The van der Waals surface area contributed by atoms with Crippen LogP contribution in [0.5, 0.6) is 0 Å². The van der Waals surface area contributed by atoms with Crippen molar-refractivity contribution in [1.29, 1.82) is 0 Å². The van der Waals surface area contributed by atoms with E-state index >= 15 is 0 Å². The molecular formula is C18H22N2O7S. The summed E-state index contributed by atoms with van der Waals surface area (Å²) in [5.74, 6) is -2.10. The molecule has 0 atom stereocenters. The highest BCUT2D eigenvalue weighted by Gasteiger charge is 2.41. The van der Waals surface area contributed by atoms with Gasteiger partial charge in [0, 0.05) is 28.9 Å². The summed E-state index contributed by atoms with van der Waals surface area (Å²) < 4.78 is 15.4. The minimum absolute atomic E-state index is 0.0875. The molecule has 1 aliphatic rings. The van der Waals surface area contributed by atoms with Crippen LogP contribution in [0.25, 0.3) is 0 Å². The number of hydrogen-bond acceptors (Lipinski definition) is 9. The van der Waals surface area contributed by atoms with Gasteiger partial charge in [0.15, 0.2) is 0 Å². The quantitative estimate of drug-likeness (QED) is 0.383. The van der Waals surface area contributed by atoms with Crippen molar-refractivity contribution in [3.05, 3.63) is 49.7 Å². The first kappa shape index (κ1) is 21.6. The minimum Gasteiger partial charge on any atom is -0.466 e. The minimum atomic E-state index is -0.837. The molecule has 0 unspecified atom stereocenters. The number of thiophene rings is 1. The van der Waals surface area contributed by atoms with Crippen molar-refractivity contribution >= 4 is 28.3 Å². The summed E-state index contributed by atoms with van der Waals surface area (Å²) in [7, 11) is 2.48. The third kappa shape index (κ3) is 3.92. The zero-order valence-electron chi connectivity index (χ0n) is 16.3. The maximum Gasteiger partial charge on any atom is 0.336 e. The van der Waals surface area contributed by atoms with E-state index in [1.807, 2.05) is 6.92 Å². The highest BCUT2D eigenvalue weighted by molar-refractivity contribution is 7.15. The Balaban J connectivity index is 2.73. The second kappa shape index (κ2) is 8.98. The van der Waals surface area contributed by atoms with Crippen LogP contribution in [0.4, 0.5) is 5.00 Å². The van der Waals surface area contributed by atoms with Crippen LogP contribution in [-0.4, -0.2) is 49.3 Å². The van der Waals surface area contributed by atoms with Crippen molar-refractivity contribution in [2.24, 2.45) is 0 Å². The van der Waals surface area contributed by atoms with E-state index in [2.05, 4.69) is 0 Å². The number of carbonyl (C=O) groups excluding carboxylic acids is 2. The summed E-state index contributed by atoms with van der Waals surface area (Å²) in [6.45, 7) is 5.85. The molecular weight excluding hydrogens is 388 g/mol. The first-order valence-corrected chi connectivity index (χ1v) is 9.27. The summed E-state index contributed by atoms with van der Waals surface area (Å²) in [5.41, 5.74) is 1.52. The van der Waals surface area contributed by atoms with Crippen LogP contribution < -0.4 is 0 Å². The molecule has 0 aromatic carbocycles. The first-order valence-electron chi connectivity index (χ1n) is 8.45. The molecule has 9 nitrogen and oxygen atoms in total. The van der Waals surface area contributed by atoms with Gasteiger partial charge in [-0.1, -0.05) is 11.3 Å². The molecule has 0 amide bonds. The van der Waals surface area contributed by atoms with Crippen LogP contribution in [0, 0.1) is 10.1 Å². The van der Waals surface area contributed by atoms with Crippen molar-refractivity contribution in [1.82, 2.24) is 4.90 Å². The van der Waals surface area contributed by atoms with Gasteiger partial charge in [0.1, 0.15) is 6.73 Å². The van der Waals surface area contributed by atoms with Gasteiger partial charge in [0.25, 0.3) is 0 Å². The molecule has 0 N–H and O–H groups in total. The van der Waals surface area contributed by atoms with Gasteiger partial charge in [-0.3, -0.25) is 10.1 Å². The van der Waals surface area contributed by atoms with Crippen LogP contribution >= 0.6 is 11.3 Å². The fraction of sp³-hybridized carbons (Fsp3) is 0.444. The van der Waals surface area contributed by atoms with E-state index in [0.29, 0.717) is 22.9 Å². The fourth-order valence-electron chi connectivity index (χ4n) is 3.11. The van der Waals surface area contributed by atoms with Gasteiger partial charge in [-0.05, 0) is 26.8 Å². The maximum atomic E-state index is 12.6. The summed E-state index contributed by atoms with van der Waals surface area (Å²) >= 11 is 0.901. The van der Waals surface area contributed by atoms with E-state index in [1.54, 1.807) is 18.7 Å².